The zero-order chi connectivity index (χ0) is 19.4. The summed E-state index contributed by atoms with van der Waals surface area (Å²) in [7, 11) is 0. The molecule has 10 heteroatoms. The van der Waals surface area contributed by atoms with Crippen LogP contribution in [0, 0.1) is 22.0 Å². The van der Waals surface area contributed by atoms with E-state index in [1.807, 2.05) is 0 Å². The zero-order valence-corrected chi connectivity index (χ0v) is 15.7. The quantitative estimate of drug-likeness (QED) is 0.443. The third kappa shape index (κ3) is 2.75. The molecule has 5 rings (SSSR count). The van der Waals surface area contributed by atoms with Crippen LogP contribution in [0.4, 0.5) is 16.6 Å². The molecule has 9 nitrogen and oxygen atoms in total. The van der Waals surface area contributed by atoms with E-state index in [1.54, 1.807) is 0 Å². The molecule has 28 heavy (non-hydrogen) atoms. The van der Waals surface area contributed by atoms with E-state index in [0.29, 0.717) is 22.8 Å². The number of nitrogen functional groups attached to an aromatic ring is 1. The van der Waals surface area contributed by atoms with Gasteiger partial charge in [-0.3, -0.25) is 14.9 Å². The largest absolute Gasteiger partial charge is 0.454 e. The second-order valence-corrected chi connectivity index (χ2v) is 8.47. The topological polar surface area (TPSA) is 130 Å². The maximum Gasteiger partial charge on any atom is 0.284 e. The van der Waals surface area contributed by atoms with Gasteiger partial charge in [-0.15, -0.1) is 0 Å². The van der Waals surface area contributed by atoms with Crippen LogP contribution in [-0.4, -0.2) is 28.5 Å². The fourth-order valence-corrected chi connectivity index (χ4v) is 5.42. The molecule has 2 aliphatic carbocycles. The molecule has 0 spiro atoms. The number of nitrogens with two attached hydrogens (primary N) is 1. The molecule has 146 valence electrons. The van der Waals surface area contributed by atoms with Crippen molar-refractivity contribution in [2.45, 2.75) is 31.7 Å². The number of ketones is 1. The van der Waals surface area contributed by atoms with Crippen molar-refractivity contribution in [2.75, 3.05) is 17.8 Å². The number of fused-ring (bicyclic) bond motifs is 3. The summed E-state index contributed by atoms with van der Waals surface area (Å²) >= 11 is 1.14. The maximum absolute atomic E-state index is 13.0. The molecular weight excluding hydrogens is 384 g/mol. The molecule has 1 aromatic heterocycles. The second-order valence-electron chi connectivity index (χ2n) is 7.47. The highest BCUT2D eigenvalue weighted by molar-refractivity contribution is 7.18. The van der Waals surface area contributed by atoms with Crippen LogP contribution < -0.4 is 20.5 Å². The Morgan fingerprint density at radius 3 is 2.75 bits per heavy atom. The second kappa shape index (κ2) is 6.33. The fraction of sp³-hybridized carbons (Fsp3) is 0.444. The summed E-state index contributed by atoms with van der Waals surface area (Å²) in [6, 6.07) is 2.90. The Morgan fingerprint density at radius 2 is 2.07 bits per heavy atom. The lowest BCUT2D eigenvalue weighted by atomic mass is 9.96. The van der Waals surface area contributed by atoms with Crippen LogP contribution in [0.25, 0.3) is 0 Å². The summed E-state index contributed by atoms with van der Waals surface area (Å²) in [6.07, 6.45) is 4.87. The van der Waals surface area contributed by atoms with E-state index in [9.17, 15) is 14.9 Å². The SMILES string of the molecule is Nc1nc(N[C@H]2C[C@@H]3CC[C@H]2C3)sc1C(=O)c1cc2c(cc1[N+](=O)[O-])OCO2. The van der Waals surface area contributed by atoms with Crippen LogP contribution >= 0.6 is 11.3 Å². The highest BCUT2D eigenvalue weighted by Gasteiger charge is 2.40. The van der Waals surface area contributed by atoms with Crippen LogP contribution in [0.3, 0.4) is 0 Å². The van der Waals surface area contributed by atoms with Gasteiger partial charge in [0.2, 0.25) is 12.6 Å². The van der Waals surface area contributed by atoms with E-state index >= 15 is 0 Å². The van der Waals surface area contributed by atoms with Gasteiger partial charge in [0.25, 0.3) is 5.69 Å². The molecule has 2 aromatic rings. The van der Waals surface area contributed by atoms with Crippen molar-refractivity contribution in [3.63, 3.8) is 0 Å². The lowest BCUT2D eigenvalue weighted by Crippen LogP contribution is -2.25. The molecule has 0 amide bonds. The smallest absolute Gasteiger partial charge is 0.284 e. The Morgan fingerprint density at radius 1 is 1.29 bits per heavy atom. The summed E-state index contributed by atoms with van der Waals surface area (Å²) in [5, 5.41) is 15.5. The van der Waals surface area contributed by atoms with Crippen molar-refractivity contribution in [2.24, 2.45) is 11.8 Å². The van der Waals surface area contributed by atoms with Crippen molar-refractivity contribution in [1.82, 2.24) is 4.98 Å². The van der Waals surface area contributed by atoms with Gasteiger partial charge in [0.15, 0.2) is 16.6 Å². The lowest BCUT2D eigenvalue weighted by molar-refractivity contribution is -0.385. The molecule has 0 unspecified atom stereocenters. The number of thiazole rings is 1. The molecule has 0 saturated heterocycles. The number of nitro benzene ring substituents is 1. The van der Waals surface area contributed by atoms with E-state index in [0.717, 1.165) is 23.7 Å². The maximum atomic E-state index is 13.0. The molecule has 2 bridgehead atoms. The van der Waals surface area contributed by atoms with Crippen LogP contribution in [0.2, 0.25) is 0 Å². The minimum atomic E-state index is -0.610. The summed E-state index contributed by atoms with van der Waals surface area (Å²) in [5.41, 5.74) is 5.55. The number of nitrogens with one attached hydrogen (secondary N) is 1. The van der Waals surface area contributed by atoms with E-state index < -0.39 is 10.7 Å². The molecule has 3 N–H and O–H groups in total. The first-order valence-electron chi connectivity index (χ1n) is 9.15. The first-order valence-corrected chi connectivity index (χ1v) is 9.97. The number of rotatable bonds is 5. The normalized spacial score (nSPS) is 24.5. The van der Waals surface area contributed by atoms with Gasteiger partial charge < -0.3 is 20.5 Å². The molecule has 0 radical (unpaired) electrons. The fourth-order valence-electron chi connectivity index (χ4n) is 4.52. The molecule has 3 aliphatic rings. The van der Waals surface area contributed by atoms with Crippen molar-refractivity contribution in [1.29, 1.82) is 0 Å². The van der Waals surface area contributed by atoms with Gasteiger partial charge in [-0.25, -0.2) is 4.98 Å². The van der Waals surface area contributed by atoms with Crippen molar-refractivity contribution < 1.29 is 19.2 Å². The first kappa shape index (κ1) is 17.2. The number of carbonyl (C=O) groups is 1. The van der Waals surface area contributed by atoms with Crippen molar-refractivity contribution in [3.05, 3.63) is 32.7 Å². The van der Waals surface area contributed by atoms with Gasteiger partial charge in [-0.1, -0.05) is 17.8 Å². The van der Waals surface area contributed by atoms with Gasteiger partial charge in [0.1, 0.15) is 16.3 Å². The first-order chi connectivity index (χ1) is 13.5. The minimum Gasteiger partial charge on any atom is -0.454 e. The number of hydrogen-bond donors (Lipinski definition) is 2. The van der Waals surface area contributed by atoms with Crippen LogP contribution in [0.15, 0.2) is 12.1 Å². The van der Waals surface area contributed by atoms with Crippen LogP contribution in [0.1, 0.15) is 40.9 Å². The minimum absolute atomic E-state index is 0.0373. The van der Waals surface area contributed by atoms with E-state index in [4.69, 9.17) is 15.2 Å². The molecule has 2 fully saturated rings. The number of aromatic nitrogens is 1. The van der Waals surface area contributed by atoms with Crippen molar-refractivity contribution >= 4 is 33.8 Å². The number of anilines is 2. The molecule has 1 aliphatic heterocycles. The highest BCUT2D eigenvalue weighted by Crippen LogP contribution is 2.46. The predicted octanol–water partition coefficient (Wildman–Crippen LogP) is 3.19. The summed E-state index contributed by atoms with van der Waals surface area (Å²) in [4.78, 5) is 28.4. The molecule has 2 saturated carbocycles. The third-order valence-electron chi connectivity index (χ3n) is 5.84. The van der Waals surface area contributed by atoms with E-state index in [1.165, 1.54) is 31.4 Å². The number of nitro groups is 1. The van der Waals surface area contributed by atoms with Gasteiger partial charge >= 0.3 is 0 Å². The van der Waals surface area contributed by atoms with Gasteiger partial charge in [0, 0.05) is 12.1 Å². The average Bonchev–Trinajstić information content (AvgIpc) is 3.44. The molecule has 1 aromatic carbocycles. The molecule has 2 heterocycles. The Bertz CT molecular complexity index is 991. The number of hydrogen-bond acceptors (Lipinski definition) is 9. The third-order valence-corrected chi connectivity index (χ3v) is 6.84. The predicted molar refractivity (Wildman–Crippen MR) is 102 cm³/mol. The van der Waals surface area contributed by atoms with Gasteiger partial charge in [-0.05, 0) is 31.1 Å². The number of carbonyl (C=O) groups excluding carboxylic acids is 1. The van der Waals surface area contributed by atoms with E-state index in [-0.39, 0.29) is 34.5 Å². The van der Waals surface area contributed by atoms with Gasteiger partial charge in [0.05, 0.1) is 11.0 Å². The number of nitrogens with zero attached hydrogens (tertiary/aromatic N) is 2. The summed E-state index contributed by atoms with van der Waals surface area (Å²) < 4.78 is 10.4. The van der Waals surface area contributed by atoms with Gasteiger partial charge in [-0.2, -0.15) is 0 Å². The lowest BCUT2D eigenvalue weighted by Gasteiger charge is -2.22. The molecular formula is C18H18N4O5S. The average molecular weight is 402 g/mol. The monoisotopic (exact) mass is 402 g/mol. The zero-order valence-electron chi connectivity index (χ0n) is 14.8. The highest BCUT2D eigenvalue weighted by atomic mass is 32.1. The summed E-state index contributed by atoms with van der Waals surface area (Å²) in [5.74, 6) is 1.51. The Labute approximate surface area is 164 Å². The standard InChI is InChI=1S/C18H18N4O5S/c19-17-16(28-18(21-17)20-11-4-8-1-2-9(11)3-8)15(23)10-5-13-14(27-7-26-13)6-12(10)22(24)25/h5-6,8-9,11H,1-4,7,19H2,(H,20,21)/t8-,9+,11+/m1/s1. The number of ether oxygens (including phenoxy) is 2. The molecule has 3 atom stereocenters. The van der Waals surface area contributed by atoms with Crippen molar-refractivity contribution in [3.8, 4) is 11.5 Å². The Balaban J connectivity index is 1.44. The Kier molecular flexibility index (Phi) is 3.90. The van der Waals surface area contributed by atoms with Crippen LogP contribution in [-0.2, 0) is 0 Å². The number of benzene rings is 1. The van der Waals surface area contributed by atoms with Crippen LogP contribution in [0.5, 0.6) is 11.5 Å². The Hall–Kier alpha value is -2.88. The summed E-state index contributed by atoms with van der Waals surface area (Å²) in [6.45, 7) is -0.0373. The van der Waals surface area contributed by atoms with E-state index in [2.05, 4.69) is 10.3 Å².